The summed E-state index contributed by atoms with van der Waals surface area (Å²) >= 11 is 1.49. The summed E-state index contributed by atoms with van der Waals surface area (Å²) in [6.07, 6.45) is 1.77. The van der Waals surface area contributed by atoms with E-state index in [0.717, 1.165) is 21.3 Å². The van der Waals surface area contributed by atoms with Crippen LogP contribution in [0.15, 0.2) is 42.6 Å². The number of pyridine rings is 1. The van der Waals surface area contributed by atoms with Crippen LogP contribution in [0.5, 0.6) is 0 Å². The highest BCUT2D eigenvalue weighted by Gasteiger charge is 2.05. The standard InChI is InChI=1S/C13H7FNS/c14-10-3-1-9(2-4-10)11-5-7-15-13-12(11)6-8-16-13/h1-7H. The van der Waals surface area contributed by atoms with Gasteiger partial charge in [-0.2, -0.15) is 0 Å². The zero-order valence-corrected chi connectivity index (χ0v) is 9.09. The topological polar surface area (TPSA) is 12.9 Å². The molecule has 1 nitrogen and oxygen atoms in total. The Balaban J connectivity index is 2.25. The Bertz CT molecular complexity index is 628. The fraction of sp³-hybridized carbons (Fsp3) is 0. The molecule has 0 fully saturated rings. The molecule has 0 aliphatic heterocycles. The van der Waals surface area contributed by atoms with Gasteiger partial charge in [-0.25, -0.2) is 9.37 Å². The number of fused-ring (bicyclic) bond motifs is 1. The summed E-state index contributed by atoms with van der Waals surface area (Å²) in [5.41, 5.74) is 2.07. The number of thiophene rings is 1. The van der Waals surface area contributed by atoms with E-state index in [2.05, 4.69) is 10.4 Å². The van der Waals surface area contributed by atoms with E-state index in [-0.39, 0.29) is 5.82 Å². The third-order valence-corrected chi connectivity index (χ3v) is 3.22. The number of aromatic nitrogens is 1. The van der Waals surface area contributed by atoms with E-state index in [9.17, 15) is 4.39 Å². The van der Waals surface area contributed by atoms with Crippen LogP contribution in [0.3, 0.4) is 0 Å². The van der Waals surface area contributed by atoms with Crippen molar-refractivity contribution in [1.29, 1.82) is 0 Å². The SMILES string of the molecule is Fc1ccc(-c2ccnc3s[c]cc23)cc1. The fourth-order valence-corrected chi connectivity index (χ4v) is 2.38. The number of halogens is 1. The highest BCUT2D eigenvalue weighted by atomic mass is 32.1. The van der Waals surface area contributed by atoms with Gasteiger partial charge in [0.15, 0.2) is 0 Å². The quantitative estimate of drug-likeness (QED) is 0.615. The van der Waals surface area contributed by atoms with Crippen LogP contribution < -0.4 is 0 Å². The smallest absolute Gasteiger partial charge is 0.124 e. The Morgan fingerprint density at radius 2 is 1.94 bits per heavy atom. The lowest BCUT2D eigenvalue weighted by Gasteiger charge is -2.02. The zero-order chi connectivity index (χ0) is 11.0. The maximum absolute atomic E-state index is 12.8. The molecule has 3 heteroatoms. The van der Waals surface area contributed by atoms with Crippen LogP contribution in [0, 0.1) is 11.2 Å². The van der Waals surface area contributed by atoms with Crippen molar-refractivity contribution >= 4 is 21.6 Å². The summed E-state index contributed by atoms with van der Waals surface area (Å²) in [6.45, 7) is 0. The van der Waals surface area contributed by atoms with Gasteiger partial charge in [-0.15, -0.1) is 11.3 Å². The second kappa shape index (κ2) is 3.68. The minimum atomic E-state index is -0.217. The predicted octanol–water partition coefficient (Wildman–Crippen LogP) is 3.90. The van der Waals surface area contributed by atoms with Crippen molar-refractivity contribution in [2.24, 2.45) is 0 Å². The van der Waals surface area contributed by atoms with Crippen LogP contribution >= 0.6 is 11.3 Å². The molecule has 0 saturated carbocycles. The molecule has 77 valence electrons. The highest BCUT2D eigenvalue weighted by Crippen LogP contribution is 2.29. The van der Waals surface area contributed by atoms with E-state index in [1.54, 1.807) is 18.3 Å². The Morgan fingerprint density at radius 1 is 1.12 bits per heavy atom. The molecule has 0 atom stereocenters. The monoisotopic (exact) mass is 228 g/mol. The summed E-state index contributed by atoms with van der Waals surface area (Å²) in [7, 11) is 0. The molecule has 0 amide bonds. The summed E-state index contributed by atoms with van der Waals surface area (Å²) in [5, 5.41) is 4.13. The van der Waals surface area contributed by atoms with Crippen molar-refractivity contribution in [3.05, 3.63) is 53.8 Å². The molecule has 0 saturated heterocycles. The molecule has 1 aromatic carbocycles. The predicted molar refractivity (Wildman–Crippen MR) is 63.9 cm³/mol. The fourth-order valence-electron chi connectivity index (χ4n) is 1.70. The van der Waals surface area contributed by atoms with Crippen molar-refractivity contribution in [2.45, 2.75) is 0 Å². The summed E-state index contributed by atoms with van der Waals surface area (Å²) in [5.74, 6) is -0.217. The Morgan fingerprint density at radius 3 is 2.75 bits per heavy atom. The van der Waals surface area contributed by atoms with Gasteiger partial charge in [0.1, 0.15) is 10.6 Å². The maximum atomic E-state index is 12.8. The molecule has 3 aromatic rings. The van der Waals surface area contributed by atoms with Gasteiger partial charge >= 0.3 is 0 Å². The van der Waals surface area contributed by atoms with Gasteiger partial charge < -0.3 is 0 Å². The van der Waals surface area contributed by atoms with Gasteiger partial charge in [-0.05, 0) is 35.4 Å². The van der Waals surface area contributed by atoms with Crippen molar-refractivity contribution in [3.63, 3.8) is 0 Å². The minimum Gasteiger partial charge on any atom is -0.245 e. The van der Waals surface area contributed by atoms with Crippen molar-refractivity contribution in [2.75, 3.05) is 0 Å². The summed E-state index contributed by atoms with van der Waals surface area (Å²) in [6, 6.07) is 10.4. The Labute approximate surface area is 96.2 Å². The third kappa shape index (κ3) is 1.49. The average Bonchev–Trinajstić information content (AvgIpc) is 2.78. The number of hydrogen-bond donors (Lipinski definition) is 0. The molecular formula is C13H7FNS. The molecule has 2 aromatic heterocycles. The first-order chi connectivity index (χ1) is 7.84. The van der Waals surface area contributed by atoms with E-state index >= 15 is 0 Å². The highest BCUT2D eigenvalue weighted by molar-refractivity contribution is 7.16. The first-order valence-corrected chi connectivity index (χ1v) is 5.67. The Hall–Kier alpha value is -1.74. The van der Waals surface area contributed by atoms with Gasteiger partial charge in [0, 0.05) is 17.0 Å². The lowest BCUT2D eigenvalue weighted by Crippen LogP contribution is -1.81. The maximum Gasteiger partial charge on any atom is 0.124 e. The molecular weight excluding hydrogens is 221 g/mol. The molecule has 16 heavy (non-hydrogen) atoms. The van der Waals surface area contributed by atoms with Gasteiger partial charge in [-0.3, -0.25) is 0 Å². The second-order valence-corrected chi connectivity index (χ2v) is 4.28. The van der Waals surface area contributed by atoms with E-state index in [0.29, 0.717) is 0 Å². The second-order valence-electron chi connectivity index (χ2n) is 3.45. The Kier molecular flexibility index (Phi) is 2.18. The third-order valence-electron chi connectivity index (χ3n) is 2.47. The van der Waals surface area contributed by atoms with Gasteiger partial charge in [0.25, 0.3) is 0 Å². The van der Waals surface area contributed by atoms with E-state index in [1.165, 1.54) is 23.5 Å². The molecule has 0 aliphatic carbocycles. The molecule has 0 unspecified atom stereocenters. The number of rotatable bonds is 1. The van der Waals surface area contributed by atoms with Gasteiger partial charge in [0.05, 0.1) is 0 Å². The van der Waals surface area contributed by atoms with Crippen molar-refractivity contribution in [3.8, 4) is 11.1 Å². The van der Waals surface area contributed by atoms with Crippen LogP contribution in [-0.2, 0) is 0 Å². The van der Waals surface area contributed by atoms with Crippen LogP contribution in [0.4, 0.5) is 4.39 Å². The first-order valence-electron chi connectivity index (χ1n) is 4.85. The molecule has 0 aliphatic rings. The van der Waals surface area contributed by atoms with E-state index < -0.39 is 0 Å². The minimum absolute atomic E-state index is 0.217. The van der Waals surface area contributed by atoms with Crippen LogP contribution in [0.2, 0.25) is 0 Å². The van der Waals surface area contributed by atoms with E-state index in [1.807, 2.05) is 12.1 Å². The zero-order valence-electron chi connectivity index (χ0n) is 8.27. The summed E-state index contributed by atoms with van der Waals surface area (Å²) < 4.78 is 12.8. The normalized spacial score (nSPS) is 10.8. The lowest BCUT2D eigenvalue weighted by molar-refractivity contribution is 0.628. The van der Waals surface area contributed by atoms with Crippen LogP contribution in [0.25, 0.3) is 21.3 Å². The molecule has 0 spiro atoms. The summed E-state index contributed by atoms with van der Waals surface area (Å²) in [4.78, 5) is 5.22. The van der Waals surface area contributed by atoms with Gasteiger partial charge in [-0.1, -0.05) is 12.1 Å². The number of nitrogens with zero attached hydrogens (tertiary/aromatic N) is 1. The molecule has 0 bridgehead atoms. The van der Waals surface area contributed by atoms with Crippen LogP contribution in [-0.4, -0.2) is 4.98 Å². The molecule has 0 N–H and O–H groups in total. The number of hydrogen-bond acceptors (Lipinski definition) is 2. The van der Waals surface area contributed by atoms with Gasteiger partial charge in [0.2, 0.25) is 0 Å². The molecule has 3 rings (SSSR count). The molecule has 2 heterocycles. The van der Waals surface area contributed by atoms with Crippen molar-refractivity contribution in [1.82, 2.24) is 4.98 Å². The first kappa shape index (κ1) is 9.48. The largest absolute Gasteiger partial charge is 0.245 e. The average molecular weight is 228 g/mol. The molecule has 1 radical (unpaired) electrons. The van der Waals surface area contributed by atoms with Crippen molar-refractivity contribution < 1.29 is 4.39 Å². The lowest BCUT2D eigenvalue weighted by atomic mass is 10.0. The van der Waals surface area contributed by atoms with Crippen LogP contribution in [0.1, 0.15) is 0 Å². The number of benzene rings is 1. The van der Waals surface area contributed by atoms with E-state index in [4.69, 9.17) is 0 Å².